The standard InChI is InChI=1S/C12H11Cl2N3O2/c1-6-8(5-17(2)16-6)12(19)15-7-3-9(13)11(18)10(14)4-7/h3-5,18H,1-2H3,(H,15,19). The third-order valence-electron chi connectivity index (χ3n) is 2.53. The maximum Gasteiger partial charge on any atom is 0.259 e. The first kappa shape index (κ1) is 13.7. The first-order chi connectivity index (χ1) is 8.88. The highest BCUT2D eigenvalue weighted by Gasteiger charge is 2.14. The summed E-state index contributed by atoms with van der Waals surface area (Å²) in [5.41, 5.74) is 1.49. The highest BCUT2D eigenvalue weighted by Crippen LogP contribution is 2.34. The topological polar surface area (TPSA) is 67.2 Å². The number of amides is 1. The van der Waals surface area contributed by atoms with Crippen molar-refractivity contribution in [2.24, 2.45) is 7.05 Å². The molecule has 1 aromatic heterocycles. The lowest BCUT2D eigenvalue weighted by molar-refractivity contribution is 0.102. The van der Waals surface area contributed by atoms with E-state index in [4.69, 9.17) is 23.2 Å². The quantitative estimate of drug-likeness (QED) is 0.838. The van der Waals surface area contributed by atoms with Crippen LogP contribution < -0.4 is 5.32 Å². The van der Waals surface area contributed by atoms with Gasteiger partial charge in [-0.15, -0.1) is 0 Å². The molecule has 0 radical (unpaired) electrons. The van der Waals surface area contributed by atoms with Crippen LogP contribution in [0.15, 0.2) is 18.3 Å². The van der Waals surface area contributed by atoms with Gasteiger partial charge in [0.25, 0.3) is 5.91 Å². The van der Waals surface area contributed by atoms with E-state index in [1.54, 1.807) is 24.9 Å². The van der Waals surface area contributed by atoms with Gasteiger partial charge in [-0.1, -0.05) is 23.2 Å². The molecule has 2 rings (SSSR count). The van der Waals surface area contributed by atoms with Gasteiger partial charge >= 0.3 is 0 Å². The molecule has 0 fully saturated rings. The number of nitrogens with one attached hydrogen (secondary N) is 1. The molecule has 1 amide bonds. The van der Waals surface area contributed by atoms with Gasteiger partial charge < -0.3 is 10.4 Å². The zero-order chi connectivity index (χ0) is 14.2. The Morgan fingerprint density at radius 3 is 2.42 bits per heavy atom. The molecule has 2 aromatic rings. The molecule has 0 spiro atoms. The first-order valence-electron chi connectivity index (χ1n) is 5.38. The SMILES string of the molecule is Cc1nn(C)cc1C(=O)Nc1cc(Cl)c(O)c(Cl)c1. The summed E-state index contributed by atoms with van der Waals surface area (Å²) in [6.07, 6.45) is 1.62. The Bertz CT molecular complexity index is 629. The Morgan fingerprint density at radius 2 is 1.95 bits per heavy atom. The Morgan fingerprint density at radius 1 is 1.37 bits per heavy atom. The van der Waals surface area contributed by atoms with Crippen molar-refractivity contribution in [3.05, 3.63) is 39.6 Å². The minimum atomic E-state index is -0.316. The van der Waals surface area contributed by atoms with Crippen molar-refractivity contribution in [2.45, 2.75) is 6.92 Å². The number of hydrogen-bond acceptors (Lipinski definition) is 3. The molecule has 0 saturated heterocycles. The summed E-state index contributed by atoms with van der Waals surface area (Å²) in [5, 5.41) is 16.3. The predicted molar refractivity (Wildman–Crippen MR) is 74.0 cm³/mol. The van der Waals surface area contributed by atoms with Gasteiger partial charge in [0, 0.05) is 18.9 Å². The summed E-state index contributed by atoms with van der Waals surface area (Å²) in [6.45, 7) is 1.74. The molecule has 5 nitrogen and oxygen atoms in total. The minimum Gasteiger partial charge on any atom is -0.505 e. The van der Waals surface area contributed by atoms with Crippen LogP contribution in [0.3, 0.4) is 0 Å². The number of aryl methyl sites for hydroxylation is 2. The minimum absolute atomic E-state index is 0.0747. The average molecular weight is 300 g/mol. The van der Waals surface area contributed by atoms with Gasteiger partial charge in [0.2, 0.25) is 0 Å². The molecule has 0 aliphatic heterocycles. The van der Waals surface area contributed by atoms with Crippen molar-refractivity contribution < 1.29 is 9.90 Å². The molecule has 7 heteroatoms. The summed E-state index contributed by atoms with van der Waals surface area (Å²) >= 11 is 11.6. The molecule has 0 atom stereocenters. The number of rotatable bonds is 2. The third-order valence-corrected chi connectivity index (χ3v) is 3.11. The maximum absolute atomic E-state index is 12.0. The normalized spacial score (nSPS) is 10.5. The number of anilines is 1. The number of halogens is 2. The molecule has 0 aliphatic carbocycles. The summed E-state index contributed by atoms with van der Waals surface area (Å²) in [6, 6.07) is 2.85. The van der Waals surface area contributed by atoms with E-state index >= 15 is 0 Å². The summed E-state index contributed by atoms with van der Waals surface area (Å²) in [7, 11) is 1.73. The molecule has 0 aliphatic rings. The number of benzene rings is 1. The van der Waals surface area contributed by atoms with E-state index in [2.05, 4.69) is 10.4 Å². The second-order valence-corrected chi connectivity index (χ2v) is 4.86. The smallest absolute Gasteiger partial charge is 0.259 e. The highest BCUT2D eigenvalue weighted by molar-refractivity contribution is 6.37. The average Bonchev–Trinajstić information content (AvgIpc) is 2.65. The van der Waals surface area contributed by atoms with Crippen LogP contribution in [0.25, 0.3) is 0 Å². The number of nitrogens with zero attached hydrogens (tertiary/aromatic N) is 2. The lowest BCUT2D eigenvalue weighted by Gasteiger charge is -2.07. The fourth-order valence-electron chi connectivity index (χ4n) is 1.66. The molecule has 0 unspecified atom stereocenters. The van der Waals surface area contributed by atoms with Gasteiger partial charge in [-0.3, -0.25) is 9.48 Å². The van der Waals surface area contributed by atoms with Crippen molar-refractivity contribution in [3.8, 4) is 5.75 Å². The van der Waals surface area contributed by atoms with Crippen LogP contribution in [0, 0.1) is 6.92 Å². The van der Waals surface area contributed by atoms with E-state index in [-0.39, 0.29) is 21.7 Å². The number of hydrogen-bond donors (Lipinski definition) is 2. The lowest BCUT2D eigenvalue weighted by Crippen LogP contribution is -2.12. The van der Waals surface area contributed by atoms with E-state index in [0.29, 0.717) is 16.9 Å². The molecular formula is C12H11Cl2N3O2. The number of carbonyl (C=O) groups is 1. The fourth-order valence-corrected chi connectivity index (χ4v) is 2.15. The van der Waals surface area contributed by atoms with Gasteiger partial charge in [0.1, 0.15) is 0 Å². The van der Waals surface area contributed by atoms with Gasteiger partial charge in [0.05, 0.1) is 21.3 Å². The molecule has 1 heterocycles. The third kappa shape index (κ3) is 2.83. The number of phenols is 1. The second kappa shape index (κ2) is 5.11. The van der Waals surface area contributed by atoms with Crippen molar-refractivity contribution in [3.63, 3.8) is 0 Å². The number of carbonyl (C=O) groups excluding carboxylic acids is 1. The molecule has 2 N–H and O–H groups in total. The van der Waals surface area contributed by atoms with Crippen LogP contribution in [-0.4, -0.2) is 20.8 Å². The Kier molecular flexibility index (Phi) is 3.68. The number of aromatic nitrogens is 2. The van der Waals surface area contributed by atoms with Crippen LogP contribution in [0.4, 0.5) is 5.69 Å². The first-order valence-corrected chi connectivity index (χ1v) is 6.13. The van der Waals surface area contributed by atoms with E-state index in [1.165, 1.54) is 12.1 Å². The van der Waals surface area contributed by atoms with Crippen molar-refractivity contribution >= 4 is 34.8 Å². The Hall–Kier alpha value is -1.72. The highest BCUT2D eigenvalue weighted by atomic mass is 35.5. The van der Waals surface area contributed by atoms with Crippen molar-refractivity contribution in [1.82, 2.24) is 9.78 Å². The molecule has 0 saturated carbocycles. The van der Waals surface area contributed by atoms with Crippen LogP contribution >= 0.6 is 23.2 Å². The van der Waals surface area contributed by atoms with Crippen LogP contribution in [0.2, 0.25) is 10.0 Å². The van der Waals surface area contributed by atoms with Gasteiger partial charge in [-0.05, 0) is 19.1 Å². The van der Waals surface area contributed by atoms with Gasteiger partial charge in [-0.25, -0.2) is 0 Å². The number of aromatic hydroxyl groups is 1. The molecular weight excluding hydrogens is 289 g/mol. The zero-order valence-corrected chi connectivity index (χ0v) is 11.7. The van der Waals surface area contributed by atoms with E-state index in [0.717, 1.165) is 0 Å². The Balaban J connectivity index is 2.27. The summed E-state index contributed by atoms with van der Waals surface area (Å²) in [5.74, 6) is -0.526. The molecule has 0 bridgehead atoms. The summed E-state index contributed by atoms with van der Waals surface area (Å²) in [4.78, 5) is 12.0. The van der Waals surface area contributed by atoms with E-state index in [1.807, 2.05) is 0 Å². The monoisotopic (exact) mass is 299 g/mol. The maximum atomic E-state index is 12.0. The Labute approximate surface area is 119 Å². The zero-order valence-electron chi connectivity index (χ0n) is 10.2. The molecule has 1 aromatic carbocycles. The van der Waals surface area contributed by atoms with Crippen molar-refractivity contribution in [2.75, 3.05) is 5.32 Å². The lowest BCUT2D eigenvalue weighted by atomic mass is 10.2. The van der Waals surface area contributed by atoms with E-state index in [9.17, 15) is 9.90 Å². The van der Waals surface area contributed by atoms with Crippen LogP contribution in [0.5, 0.6) is 5.75 Å². The van der Waals surface area contributed by atoms with Gasteiger partial charge in [-0.2, -0.15) is 5.10 Å². The largest absolute Gasteiger partial charge is 0.505 e. The van der Waals surface area contributed by atoms with Crippen molar-refractivity contribution in [1.29, 1.82) is 0 Å². The molecule has 100 valence electrons. The van der Waals surface area contributed by atoms with Crippen LogP contribution in [-0.2, 0) is 7.05 Å². The van der Waals surface area contributed by atoms with Gasteiger partial charge in [0.15, 0.2) is 5.75 Å². The summed E-state index contributed by atoms with van der Waals surface area (Å²) < 4.78 is 1.56. The fraction of sp³-hybridized carbons (Fsp3) is 0.167. The van der Waals surface area contributed by atoms with E-state index < -0.39 is 0 Å². The second-order valence-electron chi connectivity index (χ2n) is 4.04. The predicted octanol–water partition coefficient (Wildman–Crippen LogP) is 2.99. The number of phenolic OH excluding ortho intramolecular Hbond substituents is 1. The molecule has 19 heavy (non-hydrogen) atoms. The van der Waals surface area contributed by atoms with Crippen LogP contribution in [0.1, 0.15) is 16.1 Å².